The monoisotopic (exact) mass is 254 g/mol. The van der Waals surface area contributed by atoms with Crippen LogP contribution in [0.5, 0.6) is 0 Å². The van der Waals surface area contributed by atoms with E-state index in [4.69, 9.17) is 0 Å². The van der Waals surface area contributed by atoms with Crippen molar-refractivity contribution in [2.45, 2.75) is 58.6 Å². The van der Waals surface area contributed by atoms with Crippen molar-refractivity contribution in [3.8, 4) is 0 Å². The molecule has 2 rings (SSSR count). The lowest BCUT2D eigenvalue weighted by atomic mass is 9.87. The van der Waals surface area contributed by atoms with Gasteiger partial charge in [0.25, 0.3) is 0 Å². The molecule has 1 heterocycles. The summed E-state index contributed by atoms with van der Waals surface area (Å²) in [5, 5.41) is 13.0. The average molecular weight is 254 g/mol. The molecule has 3 atom stereocenters. The van der Waals surface area contributed by atoms with E-state index in [1.54, 1.807) is 4.90 Å². The maximum atomic E-state index is 12.2. The zero-order chi connectivity index (χ0) is 13.3. The van der Waals surface area contributed by atoms with E-state index >= 15 is 0 Å². The van der Waals surface area contributed by atoms with E-state index in [1.807, 2.05) is 6.92 Å². The van der Waals surface area contributed by atoms with Crippen molar-refractivity contribution < 1.29 is 9.90 Å². The van der Waals surface area contributed by atoms with Crippen molar-refractivity contribution in [2.75, 3.05) is 13.1 Å². The average Bonchev–Trinajstić information content (AvgIpc) is 2.62. The first-order valence-electron chi connectivity index (χ1n) is 7.13. The van der Waals surface area contributed by atoms with E-state index in [-0.39, 0.29) is 23.6 Å². The summed E-state index contributed by atoms with van der Waals surface area (Å²) in [7, 11) is 0. The number of aliphatic hydroxyl groups is 1. The molecule has 0 spiro atoms. The van der Waals surface area contributed by atoms with Gasteiger partial charge in [-0.2, -0.15) is 0 Å². The molecule has 1 saturated carbocycles. The summed E-state index contributed by atoms with van der Waals surface area (Å²) < 4.78 is 0. The van der Waals surface area contributed by atoms with Crippen LogP contribution in [0.4, 0.5) is 4.79 Å². The highest BCUT2D eigenvalue weighted by Gasteiger charge is 2.37. The molecule has 0 aromatic heterocycles. The van der Waals surface area contributed by atoms with Crippen LogP contribution in [0.3, 0.4) is 0 Å². The zero-order valence-corrected chi connectivity index (χ0v) is 11.8. The van der Waals surface area contributed by atoms with Gasteiger partial charge in [-0.05, 0) is 30.6 Å². The van der Waals surface area contributed by atoms with Gasteiger partial charge < -0.3 is 15.3 Å². The van der Waals surface area contributed by atoms with Gasteiger partial charge in [-0.25, -0.2) is 4.79 Å². The Morgan fingerprint density at radius 3 is 2.67 bits per heavy atom. The molecular formula is C14H26N2O2. The maximum absolute atomic E-state index is 12.2. The number of carbonyl (C=O) groups excluding carboxylic acids is 1. The van der Waals surface area contributed by atoms with E-state index in [1.165, 1.54) is 12.8 Å². The predicted molar refractivity (Wildman–Crippen MR) is 71.3 cm³/mol. The van der Waals surface area contributed by atoms with Crippen LogP contribution in [-0.4, -0.2) is 41.3 Å². The Balaban J connectivity index is 1.88. The van der Waals surface area contributed by atoms with Crippen molar-refractivity contribution >= 4 is 6.03 Å². The summed E-state index contributed by atoms with van der Waals surface area (Å²) in [6.07, 6.45) is 3.96. The lowest BCUT2D eigenvalue weighted by molar-refractivity contribution is 0.0422. The number of aliphatic hydroxyl groups excluding tert-OH is 1. The minimum Gasteiger partial charge on any atom is -0.391 e. The quantitative estimate of drug-likeness (QED) is 0.752. The number of nitrogens with zero attached hydrogens (tertiary/aromatic N) is 1. The number of piperidine rings is 1. The topological polar surface area (TPSA) is 52.6 Å². The molecule has 3 unspecified atom stereocenters. The molecule has 4 heteroatoms. The molecule has 2 N–H and O–H groups in total. The number of hydrogen-bond donors (Lipinski definition) is 2. The number of nitrogens with one attached hydrogen (secondary N) is 1. The van der Waals surface area contributed by atoms with E-state index in [2.05, 4.69) is 19.2 Å². The largest absolute Gasteiger partial charge is 0.391 e. The number of β-amino-alcohol motifs (C(OH)–C–C–N with tert-alkyl or cyclic N) is 1. The van der Waals surface area contributed by atoms with Gasteiger partial charge in [0.2, 0.25) is 0 Å². The second-order valence-electron chi connectivity index (χ2n) is 6.66. The SMILES string of the molecule is CC1CCN(C(=O)NC2CCCC2(C)C)CC1O. The summed E-state index contributed by atoms with van der Waals surface area (Å²) in [6.45, 7) is 7.72. The molecule has 1 aliphatic carbocycles. The van der Waals surface area contributed by atoms with Gasteiger partial charge in [-0.1, -0.05) is 27.2 Å². The molecule has 2 fully saturated rings. The Morgan fingerprint density at radius 1 is 1.39 bits per heavy atom. The molecule has 104 valence electrons. The third kappa shape index (κ3) is 2.79. The number of amides is 2. The fraction of sp³-hybridized carbons (Fsp3) is 0.929. The van der Waals surface area contributed by atoms with E-state index in [0.717, 1.165) is 19.4 Å². The summed E-state index contributed by atoms with van der Waals surface area (Å²) in [4.78, 5) is 14.0. The second kappa shape index (κ2) is 5.08. The van der Waals surface area contributed by atoms with Crippen molar-refractivity contribution in [1.29, 1.82) is 0 Å². The van der Waals surface area contributed by atoms with E-state index in [0.29, 0.717) is 12.5 Å². The zero-order valence-electron chi connectivity index (χ0n) is 11.8. The Hall–Kier alpha value is -0.770. The highest BCUT2D eigenvalue weighted by atomic mass is 16.3. The van der Waals surface area contributed by atoms with Crippen molar-refractivity contribution in [1.82, 2.24) is 10.2 Å². The molecule has 4 nitrogen and oxygen atoms in total. The first-order chi connectivity index (χ1) is 8.40. The first kappa shape index (κ1) is 13.7. The molecule has 1 saturated heterocycles. The fourth-order valence-electron chi connectivity index (χ4n) is 3.07. The van der Waals surface area contributed by atoms with Crippen molar-refractivity contribution in [3.63, 3.8) is 0 Å². The molecule has 0 aromatic rings. The van der Waals surface area contributed by atoms with Gasteiger partial charge in [0.1, 0.15) is 0 Å². The van der Waals surface area contributed by atoms with E-state index < -0.39 is 0 Å². The Bertz CT molecular complexity index is 317. The van der Waals surface area contributed by atoms with Crippen LogP contribution in [0.25, 0.3) is 0 Å². The summed E-state index contributed by atoms with van der Waals surface area (Å²) in [6, 6.07) is 0.280. The van der Waals surface area contributed by atoms with Gasteiger partial charge in [0.05, 0.1) is 6.10 Å². The van der Waals surface area contributed by atoms with Gasteiger partial charge in [-0.15, -0.1) is 0 Å². The lowest BCUT2D eigenvalue weighted by Gasteiger charge is -2.36. The van der Waals surface area contributed by atoms with Crippen LogP contribution in [-0.2, 0) is 0 Å². The highest BCUT2D eigenvalue weighted by Crippen LogP contribution is 2.37. The third-order valence-corrected chi connectivity index (χ3v) is 4.76. The standard InChI is InChI=1S/C14H26N2O2/c1-10-6-8-16(9-11(10)17)13(18)15-12-5-4-7-14(12,2)3/h10-12,17H,4-9H2,1-3H3,(H,15,18). The molecular weight excluding hydrogens is 228 g/mol. The minimum absolute atomic E-state index is 0.000856. The van der Waals surface area contributed by atoms with Gasteiger partial charge in [0, 0.05) is 19.1 Å². The second-order valence-corrected chi connectivity index (χ2v) is 6.66. The molecule has 18 heavy (non-hydrogen) atoms. The van der Waals surface area contributed by atoms with Gasteiger partial charge in [0.15, 0.2) is 0 Å². The Kier molecular flexibility index (Phi) is 3.85. The van der Waals surface area contributed by atoms with Gasteiger partial charge >= 0.3 is 6.03 Å². The first-order valence-corrected chi connectivity index (χ1v) is 7.13. The third-order valence-electron chi connectivity index (χ3n) is 4.76. The fourth-order valence-corrected chi connectivity index (χ4v) is 3.07. The molecule has 2 aliphatic rings. The number of rotatable bonds is 1. The minimum atomic E-state index is -0.374. The predicted octanol–water partition coefficient (Wildman–Crippen LogP) is 1.98. The normalized spacial score (nSPS) is 35.6. The number of carbonyl (C=O) groups is 1. The number of likely N-dealkylation sites (tertiary alicyclic amines) is 1. The summed E-state index contributed by atoms with van der Waals surface area (Å²) in [5.74, 6) is 0.303. The summed E-state index contributed by atoms with van der Waals surface area (Å²) in [5.41, 5.74) is 0.206. The Labute approximate surface area is 110 Å². The maximum Gasteiger partial charge on any atom is 0.317 e. The Morgan fingerprint density at radius 2 is 2.11 bits per heavy atom. The van der Waals surface area contributed by atoms with Crippen LogP contribution >= 0.6 is 0 Å². The number of hydrogen-bond acceptors (Lipinski definition) is 2. The van der Waals surface area contributed by atoms with Crippen LogP contribution in [0, 0.1) is 11.3 Å². The van der Waals surface area contributed by atoms with Crippen LogP contribution in [0.15, 0.2) is 0 Å². The van der Waals surface area contributed by atoms with E-state index in [9.17, 15) is 9.90 Å². The van der Waals surface area contributed by atoms with Crippen molar-refractivity contribution in [3.05, 3.63) is 0 Å². The van der Waals surface area contributed by atoms with Gasteiger partial charge in [-0.3, -0.25) is 0 Å². The summed E-state index contributed by atoms with van der Waals surface area (Å²) >= 11 is 0. The molecule has 1 aliphatic heterocycles. The van der Waals surface area contributed by atoms with Crippen LogP contribution in [0.2, 0.25) is 0 Å². The molecule has 0 radical (unpaired) electrons. The smallest absolute Gasteiger partial charge is 0.317 e. The molecule has 2 amide bonds. The lowest BCUT2D eigenvalue weighted by Crippen LogP contribution is -2.53. The number of urea groups is 1. The van der Waals surface area contributed by atoms with Crippen LogP contribution < -0.4 is 5.32 Å². The van der Waals surface area contributed by atoms with Crippen LogP contribution in [0.1, 0.15) is 46.5 Å². The molecule has 0 bridgehead atoms. The molecule has 0 aromatic carbocycles. The highest BCUT2D eigenvalue weighted by molar-refractivity contribution is 5.74. The van der Waals surface area contributed by atoms with Crippen molar-refractivity contribution in [2.24, 2.45) is 11.3 Å².